The quantitative estimate of drug-likeness (QED) is 0.682. The Labute approximate surface area is 103 Å². The molecule has 0 saturated heterocycles. The fourth-order valence-electron chi connectivity index (χ4n) is 1.69. The summed E-state index contributed by atoms with van der Waals surface area (Å²) in [6.45, 7) is 0. The van der Waals surface area contributed by atoms with Crippen LogP contribution >= 0.6 is 0 Å². The number of hydrogen-bond donors (Lipinski definition) is 0. The van der Waals surface area contributed by atoms with Crippen molar-refractivity contribution < 1.29 is 4.52 Å². The Balaban J connectivity index is 2.05. The van der Waals surface area contributed by atoms with E-state index in [1.54, 1.807) is 0 Å². The molecule has 0 saturated carbocycles. The smallest absolute Gasteiger partial charge is 0.241 e. The summed E-state index contributed by atoms with van der Waals surface area (Å²) >= 11 is 0. The lowest BCUT2D eigenvalue weighted by Gasteiger charge is -1.98. The van der Waals surface area contributed by atoms with Crippen LogP contribution in [0.4, 0.5) is 0 Å². The van der Waals surface area contributed by atoms with Gasteiger partial charge in [0.1, 0.15) is 12.1 Å². The van der Waals surface area contributed by atoms with Gasteiger partial charge in [-0.15, -0.1) is 0 Å². The average molecular weight is 236 g/mol. The van der Waals surface area contributed by atoms with E-state index < -0.39 is 0 Å². The van der Waals surface area contributed by atoms with Crippen molar-refractivity contribution in [2.24, 2.45) is 0 Å². The summed E-state index contributed by atoms with van der Waals surface area (Å²) < 4.78 is 4.95. The number of nitrogens with zero attached hydrogens (tertiary/aromatic N) is 4. The van der Waals surface area contributed by atoms with E-state index in [0.717, 1.165) is 10.9 Å². The van der Waals surface area contributed by atoms with Crippen LogP contribution in [0.2, 0.25) is 0 Å². The maximum atomic E-state index is 8.55. The summed E-state index contributed by atoms with van der Waals surface area (Å²) in [7, 11) is 0. The molecule has 1 aromatic carbocycles. The van der Waals surface area contributed by atoms with Crippen molar-refractivity contribution in [3.63, 3.8) is 0 Å². The van der Waals surface area contributed by atoms with Gasteiger partial charge in [0, 0.05) is 5.39 Å². The molecule has 86 valence electrons. The number of nitriles is 1. The first-order chi connectivity index (χ1) is 8.86. The minimum absolute atomic E-state index is 0.112. The maximum absolute atomic E-state index is 8.55. The highest BCUT2D eigenvalue weighted by molar-refractivity contribution is 5.80. The molecule has 3 rings (SSSR count). The van der Waals surface area contributed by atoms with E-state index >= 15 is 0 Å². The van der Waals surface area contributed by atoms with Crippen LogP contribution in [0.25, 0.3) is 22.4 Å². The van der Waals surface area contributed by atoms with E-state index in [2.05, 4.69) is 15.1 Å². The predicted molar refractivity (Wildman–Crippen MR) is 64.4 cm³/mol. The second-order valence-corrected chi connectivity index (χ2v) is 3.74. The molecule has 0 unspecified atom stereocenters. The number of para-hydroxylation sites is 1. The lowest BCUT2D eigenvalue weighted by Crippen LogP contribution is -1.87. The summed E-state index contributed by atoms with van der Waals surface area (Å²) in [5.41, 5.74) is 1.52. The summed E-state index contributed by atoms with van der Waals surface area (Å²) in [6, 6.07) is 13.6. The summed E-state index contributed by atoms with van der Waals surface area (Å²) in [5, 5.41) is 13.4. The molecular weight excluding hydrogens is 228 g/mol. The highest BCUT2D eigenvalue weighted by Crippen LogP contribution is 2.18. The standard InChI is InChI=1S/C13H8N4O/c14-8-7-12-16-13(17-18-12)11-6-5-9-3-1-2-4-10(9)15-11/h1-6H,7H2. The van der Waals surface area contributed by atoms with Crippen molar-refractivity contribution in [2.45, 2.75) is 6.42 Å². The third kappa shape index (κ3) is 1.80. The molecule has 0 aliphatic heterocycles. The number of aromatic nitrogens is 3. The normalized spacial score (nSPS) is 10.4. The summed E-state index contributed by atoms with van der Waals surface area (Å²) in [5.74, 6) is 0.716. The topological polar surface area (TPSA) is 75.6 Å². The number of hydrogen-bond acceptors (Lipinski definition) is 5. The minimum atomic E-state index is 0.112. The first-order valence-electron chi connectivity index (χ1n) is 5.42. The molecule has 3 aromatic rings. The fraction of sp³-hybridized carbons (Fsp3) is 0.0769. The van der Waals surface area contributed by atoms with Gasteiger partial charge in [0.05, 0.1) is 11.6 Å². The fourth-order valence-corrected chi connectivity index (χ4v) is 1.69. The monoisotopic (exact) mass is 236 g/mol. The largest absolute Gasteiger partial charge is 0.338 e. The molecule has 0 radical (unpaired) electrons. The van der Waals surface area contributed by atoms with Crippen molar-refractivity contribution in [1.29, 1.82) is 5.26 Å². The van der Waals surface area contributed by atoms with Crippen molar-refractivity contribution in [3.05, 3.63) is 42.3 Å². The molecule has 0 N–H and O–H groups in total. The van der Waals surface area contributed by atoms with Crippen LogP contribution in [0.15, 0.2) is 40.9 Å². The van der Waals surface area contributed by atoms with E-state index in [9.17, 15) is 0 Å². The van der Waals surface area contributed by atoms with E-state index in [-0.39, 0.29) is 6.42 Å². The molecule has 0 aliphatic carbocycles. The Kier molecular flexibility index (Phi) is 2.47. The van der Waals surface area contributed by atoms with Crippen LogP contribution in [0, 0.1) is 11.3 Å². The Hall–Kier alpha value is -2.74. The molecule has 5 nitrogen and oxygen atoms in total. The van der Waals surface area contributed by atoms with E-state index in [4.69, 9.17) is 9.78 Å². The third-order valence-electron chi connectivity index (χ3n) is 2.53. The highest BCUT2D eigenvalue weighted by Gasteiger charge is 2.09. The zero-order chi connectivity index (χ0) is 12.4. The molecule has 0 aliphatic rings. The zero-order valence-electron chi connectivity index (χ0n) is 9.37. The van der Waals surface area contributed by atoms with Gasteiger partial charge in [-0.05, 0) is 12.1 Å². The van der Waals surface area contributed by atoms with Gasteiger partial charge in [-0.3, -0.25) is 0 Å². The molecule has 18 heavy (non-hydrogen) atoms. The maximum Gasteiger partial charge on any atom is 0.241 e. The number of benzene rings is 1. The van der Waals surface area contributed by atoms with Gasteiger partial charge < -0.3 is 4.52 Å². The van der Waals surface area contributed by atoms with Crippen LogP contribution in [0.5, 0.6) is 0 Å². The number of pyridine rings is 1. The van der Waals surface area contributed by atoms with Crippen LogP contribution in [0.3, 0.4) is 0 Å². The van der Waals surface area contributed by atoms with E-state index in [1.165, 1.54) is 0 Å². The average Bonchev–Trinajstić information content (AvgIpc) is 2.87. The third-order valence-corrected chi connectivity index (χ3v) is 2.53. The SMILES string of the molecule is N#CCc1nc(-c2ccc3ccccc3n2)no1. The lowest BCUT2D eigenvalue weighted by molar-refractivity contribution is 0.387. The van der Waals surface area contributed by atoms with Crippen molar-refractivity contribution in [2.75, 3.05) is 0 Å². The second-order valence-electron chi connectivity index (χ2n) is 3.74. The Morgan fingerprint density at radius 3 is 2.89 bits per heavy atom. The van der Waals surface area contributed by atoms with Gasteiger partial charge in [-0.25, -0.2) is 4.98 Å². The highest BCUT2D eigenvalue weighted by atomic mass is 16.5. The van der Waals surface area contributed by atoms with Crippen molar-refractivity contribution >= 4 is 10.9 Å². The lowest BCUT2D eigenvalue weighted by atomic mass is 10.2. The van der Waals surface area contributed by atoms with Crippen LogP contribution < -0.4 is 0 Å². The first kappa shape index (κ1) is 10.4. The van der Waals surface area contributed by atoms with Crippen LogP contribution in [0.1, 0.15) is 5.89 Å². The number of rotatable bonds is 2. The van der Waals surface area contributed by atoms with Gasteiger partial charge in [-0.2, -0.15) is 10.2 Å². The summed E-state index contributed by atoms with van der Waals surface area (Å²) in [4.78, 5) is 8.57. The van der Waals surface area contributed by atoms with E-state index in [1.807, 2.05) is 42.5 Å². The molecule has 2 aromatic heterocycles. The Bertz CT molecular complexity index is 742. The molecule has 0 spiro atoms. The molecule has 5 heteroatoms. The first-order valence-corrected chi connectivity index (χ1v) is 5.42. The van der Waals surface area contributed by atoms with Crippen LogP contribution in [-0.4, -0.2) is 15.1 Å². The van der Waals surface area contributed by atoms with Crippen LogP contribution in [-0.2, 0) is 6.42 Å². The second kappa shape index (κ2) is 4.26. The molecule has 0 atom stereocenters. The van der Waals surface area contributed by atoms with Gasteiger partial charge in [0.15, 0.2) is 0 Å². The Morgan fingerprint density at radius 2 is 2.00 bits per heavy atom. The van der Waals surface area contributed by atoms with Crippen molar-refractivity contribution in [3.8, 4) is 17.6 Å². The summed E-state index contributed by atoms with van der Waals surface area (Å²) in [6.07, 6.45) is 0.112. The Morgan fingerprint density at radius 1 is 1.11 bits per heavy atom. The molecular formula is C13H8N4O. The van der Waals surface area contributed by atoms with Gasteiger partial charge >= 0.3 is 0 Å². The molecule has 0 bridgehead atoms. The van der Waals surface area contributed by atoms with Gasteiger partial charge in [0.25, 0.3) is 0 Å². The zero-order valence-corrected chi connectivity index (χ0v) is 9.37. The number of fused-ring (bicyclic) bond motifs is 1. The molecule has 0 amide bonds. The minimum Gasteiger partial charge on any atom is -0.338 e. The van der Waals surface area contributed by atoms with Crippen molar-refractivity contribution in [1.82, 2.24) is 15.1 Å². The van der Waals surface area contributed by atoms with E-state index in [0.29, 0.717) is 17.4 Å². The van der Waals surface area contributed by atoms with Gasteiger partial charge in [0.2, 0.25) is 11.7 Å². The molecule has 0 fully saturated rings. The van der Waals surface area contributed by atoms with Gasteiger partial charge in [-0.1, -0.05) is 29.4 Å². The molecule has 2 heterocycles. The predicted octanol–water partition coefficient (Wildman–Crippen LogP) is 2.35.